The predicted molar refractivity (Wildman–Crippen MR) is 93.6 cm³/mol. The number of benzene rings is 2. The summed E-state index contributed by atoms with van der Waals surface area (Å²) in [6.07, 6.45) is 0. The van der Waals surface area contributed by atoms with Gasteiger partial charge in [0.2, 0.25) is 0 Å². The van der Waals surface area contributed by atoms with Crippen LogP contribution in [0.5, 0.6) is 0 Å². The molecular formula is C15H14BrClN2S. The third-order valence-corrected chi connectivity index (χ3v) is 3.95. The van der Waals surface area contributed by atoms with Crippen molar-refractivity contribution in [2.45, 2.75) is 6.54 Å². The Morgan fingerprint density at radius 3 is 2.50 bits per heavy atom. The molecule has 104 valence electrons. The molecule has 2 N–H and O–H groups in total. The molecular weight excluding hydrogens is 356 g/mol. The normalized spacial score (nSPS) is 10.3. The highest BCUT2D eigenvalue weighted by molar-refractivity contribution is 9.10. The molecule has 2 aromatic carbocycles. The van der Waals surface area contributed by atoms with E-state index in [0.717, 1.165) is 22.3 Å². The molecule has 0 saturated heterocycles. The molecule has 0 aliphatic rings. The highest BCUT2D eigenvalue weighted by Crippen LogP contribution is 2.25. The highest BCUT2D eigenvalue weighted by Gasteiger charge is 2.11. The summed E-state index contributed by atoms with van der Waals surface area (Å²) in [4.78, 5) is 2.46. The van der Waals surface area contributed by atoms with Gasteiger partial charge >= 0.3 is 0 Å². The van der Waals surface area contributed by atoms with Crippen molar-refractivity contribution in [2.75, 3.05) is 11.9 Å². The van der Waals surface area contributed by atoms with E-state index in [1.165, 1.54) is 5.56 Å². The second kappa shape index (κ2) is 6.57. The molecule has 0 spiro atoms. The summed E-state index contributed by atoms with van der Waals surface area (Å²) in [7, 11) is 2.01. The minimum atomic E-state index is 0.352. The van der Waals surface area contributed by atoms with Gasteiger partial charge in [0.15, 0.2) is 0 Å². The van der Waals surface area contributed by atoms with Gasteiger partial charge in [0.05, 0.1) is 0 Å². The average molecular weight is 370 g/mol. The van der Waals surface area contributed by atoms with Crippen LogP contribution in [0.3, 0.4) is 0 Å². The van der Waals surface area contributed by atoms with Gasteiger partial charge in [-0.15, -0.1) is 0 Å². The Morgan fingerprint density at radius 2 is 1.90 bits per heavy atom. The van der Waals surface area contributed by atoms with Crippen LogP contribution >= 0.6 is 39.7 Å². The van der Waals surface area contributed by atoms with Gasteiger partial charge < -0.3 is 10.6 Å². The predicted octanol–water partition coefficient (Wildman–Crippen LogP) is 4.37. The molecule has 2 aromatic rings. The molecule has 0 fully saturated rings. The number of rotatable bonds is 4. The van der Waals surface area contributed by atoms with Crippen molar-refractivity contribution in [1.29, 1.82) is 0 Å². The standard InChI is InChI=1S/C15H14BrClN2S/c1-19(9-10-2-4-11(16)5-3-10)14-7-6-12(17)8-13(14)15(18)20/h2-8H,9H2,1H3,(H2,18,20). The number of thiocarbonyl (C=S) groups is 1. The van der Waals surface area contributed by atoms with Crippen LogP contribution in [0.1, 0.15) is 11.1 Å². The monoisotopic (exact) mass is 368 g/mol. The average Bonchev–Trinajstić information content (AvgIpc) is 2.41. The van der Waals surface area contributed by atoms with Crippen LogP contribution in [0.15, 0.2) is 46.9 Å². The van der Waals surface area contributed by atoms with Crippen molar-refractivity contribution in [3.8, 4) is 0 Å². The van der Waals surface area contributed by atoms with E-state index in [0.29, 0.717) is 10.0 Å². The van der Waals surface area contributed by atoms with E-state index in [4.69, 9.17) is 29.6 Å². The van der Waals surface area contributed by atoms with Gasteiger partial charge in [0.1, 0.15) is 4.99 Å². The van der Waals surface area contributed by atoms with Crippen LogP contribution in [-0.4, -0.2) is 12.0 Å². The maximum Gasteiger partial charge on any atom is 0.106 e. The third kappa shape index (κ3) is 3.72. The molecule has 5 heteroatoms. The summed E-state index contributed by atoms with van der Waals surface area (Å²) in [6.45, 7) is 0.768. The van der Waals surface area contributed by atoms with Crippen LogP contribution in [0.25, 0.3) is 0 Å². The zero-order chi connectivity index (χ0) is 14.7. The van der Waals surface area contributed by atoms with Gasteiger partial charge in [-0.2, -0.15) is 0 Å². The van der Waals surface area contributed by atoms with Gasteiger partial charge in [0.25, 0.3) is 0 Å². The number of nitrogens with zero attached hydrogens (tertiary/aromatic N) is 1. The zero-order valence-electron chi connectivity index (χ0n) is 10.9. The lowest BCUT2D eigenvalue weighted by atomic mass is 10.1. The Hall–Kier alpha value is -1.10. The van der Waals surface area contributed by atoms with E-state index in [-0.39, 0.29) is 0 Å². The number of anilines is 1. The maximum absolute atomic E-state index is 6.00. The Kier molecular flexibility index (Phi) is 5.02. The minimum Gasteiger partial charge on any atom is -0.389 e. The largest absolute Gasteiger partial charge is 0.389 e. The van der Waals surface area contributed by atoms with Gasteiger partial charge in [-0.1, -0.05) is 51.9 Å². The summed E-state index contributed by atoms with van der Waals surface area (Å²) in [5.74, 6) is 0. The maximum atomic E-state index is 6.00. The molecule has 2 rings (SSSR count). The van der Waals surface area contributed by atoms with Gasteiger partial charge in [-0.05, 0) is 35.9 Å². The number of hydrogen-bond acceptors (Lipinski definition) is 2. The molecule has 0 heterocycles. The molecule has 0 saturated carbocycles. The molecule has 0 amide bonds. The smallest absolute Gasteiger partial charge is 0.106 e. The van der Waals surface area contributed by atoms with Crippen LogP contribution in [0.4, 0.5) is 5.69 Å². The first-order valence-electron chi connectivity index (χ1n) is 6.02. The SMILES string of the molecule is CN(Cc1ccc(Br)cc1)c1ccc(Cl)cc1C(N)=S. The van der Waals surface area contributed by atoms with Crippen molar-refractivity contribution in [2.24, 2.45) is 5.73 Å². The Balaban J connectivity index is 2.27. The van der Waals surface area contributed by atoms with Gasteiger partial charge in [-0.3, -0.25) is 0 Å². The number of nitrogens with two attached hydrogens (primary N) is 1. The Labute approximate surface area is 137 Å². The first-order valence-corrected chi connectivity index (χ1v) is 7.60. The Morgan fingerprint density at radius 1 is 1.25 bits per heavy atom. The van der Waals surface area contributed by atoms with Crippen molar-refractivity contribution < 1.29 is 0 Å². The van der Waals surface area contributed by atoms with Crippen LogP contribution in [-0.2, 0) is 6.54 Å². The van der Waals surface area contributed by atoms with Crippen LogP contribution in [0, 0.1) is 0 Å². The number of halogens is 2. The Bertz CT molecular complexity index is 628. The van der Waals surface area contributed by atoms with E-state index in [1.54, 1.807) is 6.07 Å². The first-order chi connectivity index (χ1) is 9.47. The topological polar surface area (TPSA) is 29.3 Å². The first kappa shape index (κ1) is 15.3. The van der Waals surface area contributed by atoms with Crippen LogP contribution in [0.2, 0.25) is 5.02 Å². The van der Waals surface area contributed by atoms with E-state index in [9.17, 15) is 0 Å². The van der Waals surface area contributed by atoms with Crippen molar-refractivity contribution in [1.82, 2.24) is 0 Å². The lowest BCUT2D eigenvalue weighted by Crippen LogP contribution is -2.21. The van der Waals surface area contributed by atoms with E-state index < -0.39 is 0 Å². The molecule has 0 aromatic heterocycles. The van der Waals surface area contributed by atoms with Crippen molar-refractivity contribution >= 4 is 50.4 Å². The summed E-state index contributed by atoms with van der Waals surface area (Å²) in [6, 6.07) is 13.8. The van der Waals surface area contributed by atoms with Crippen molar-refractivity contribution in [3.05, 3.63) is 63.1 Å². The summed E-state index contributed by atoms with van der Waals surface area (Å²) < 4.78 is 1.07. The third-order valence-electron chi connectivity index (χ3n) is 2.97. The summed E-state index contributed by atoms with van der Waals surface area (Å²) >= 11 is 14.5. The molecule has 0 aliphatic carbocycles. The summed E-state index contributed by atoms with van der Waals surface area (Å²) in [5, 5.41) is 0.633. The zero-order valence-corrected chi connectivity index (χ0v) is 14.1. The molecule has 20 heavy (non-hydrogen) atoms. The second-order valence-electron chi connectivity index (χ2n) is 4.51. The second-order valence-corrected chi connectivity index (χ2v) is 6.30. The van der Waals surface area contributed by atoms with E-state index in [1.807, 2.05) is 31.3 Å². The van der Waals surface area contributed by atoms with Crippen molar-refractivity contribution in [3.63, 3.8) is 0 Å². The molecule has 0 unspecified atom stereocenters. The molecule has 0 atom stereocenters. The lowest BCUT2D eigenvalue weighted by Gasteiger charge is -2.22. The fourth-order valence-electron chi connectivity index (χ4n) is 1.99. The molecule has 0 radical (unpaired) electrons. The fraction of sp³-hybridized carbons (Fsp3) is 0.133. The van der Waals surface area contributed by atoms with E-state index in [2.05, 4.69) is 33.0 Å². The minimum absolute atomic E-state index is 0.352. The van der Waals surface area contributed by atoms with Gasteiger partial charge in [-0.25, -0.2) is 0 Å². The fourth-order valence-corrected chi connectivity index (χ4v) is 2.59. The highest BCUT2D eigenvalue weighted by atomic mass is 79.9. The number of hydrogen-bond donors (Lipinski definition) is 1. The quantitative estimate of drug-likeness (QED) is 0.811. The molecule has 2 nitrogen and oxygen atoms in total. The molecule has 0 aliphatic heterocycles. The summed E-state index contributed by atoms with van der Waals surface area (Å²) in [5.41, 5.74) is 8.76. The van der Waals surface area contributed by atoms with Crippen LogP contribution < -0.4 is 10.6 Å². The lowest BCUT2D eigenvalue weighted by molar-refractivity contribution is 0.921. The molecule has 0 bridgehead atoms. The van der Waals surface area contributed by atoms with Gasteiger partial charge in [0, 0.05) is 34.3 Å². The van der Waals surface area contributed by atoms with E-state index >= 15 is 0 Å².